The van der Waals surface area contributed by atoms with Crippen LogP contribution in [0.3, 0.4) is 0 Å². The van der Waals surface area contributed by atoms with Crippen molar-refractivity contribution >= 4 is 5.97 Å². The molecule has 5 nitrogen and oxygen atoms in total. The zero-order valence-electron chi connectivity index (χ0n) is 10.8. The molecule has 2 unspecified atom stereocenters. The van der Waals surface area contributed by atoms with Gasteiger partial charge in [-0.2, -0.15) is 0 Å². The first kappa shape index (κ1) is 14.4. The SMILES string of the molecule is CCOC(=O)C1CCN(CC(O)C(C)N)CC1. The summed E-state index contributed by atoms with van der Waals surface area (Å²) in [6.07, 6.45) is 1.13. The van der Waals surface area contributed by atoms with Crippen LogP contribution in [0, 0.1) is 5.92 Å². The minimum absolute atomic E-state index is 0.0265. The first-order valence-electron chi connectivity index (χ1n) is 6.37. The molecule has 1 rings (SSSR count). The average Bonchev–Trinajstić information content (AvgIpc) is 2.30. The van der Waals surface area contributed by atoms with E-state index in [1.54, 1.807) is 6.92 Å². The van der Waals surface area contributed by atoms with Crippen molar-refractivity contribution < 1.29 is 14.6 Å². The molecule has 0 aromatic rings. The lowest BCUT2D eigenvalue weighted by Gasteiger charge is -2.32. The topological polar surface area (TPSA) is 75.8 Å². The zero-order valence-corrected chi connectivity index (χ0v) is 10.8. The summed E-state index contributed by atoms with van der Waals surface area (Å²) in [6.45, 7) is 6.32. The van der Waals surface area contributed by atoms with E-state index in [0.29, 0.717) is 13.2 Å². The highest BCUT2D eigenvalue weighted by Crippen LogP contribution is 2.18. The molecule has 2 atom stereocenters. The second kappa shape index (κ2) is 6.93. The van der Waals surface area contributed by atoms with Gasteiger partial charge in [0.05, 0.1) is 18.6 Å². The van der Waals surface area contributed by atoms with Gasteiger partial charge in [-0.25, -0.2) is 0 Å². The Morgan fingerprint density at radius 1 is 1.53 bits per heavy atom. The molecular formula is C12H24N2O3. The van der Waals surface area contributed by atoms with Crippen molar-refractivity contribution in [2.45, 2.75) is 38.8 Å². The molecule has 0 aliphatic carbocycles. The van der Waals surface area contributed by atoms with Gasteiger partial charge in [0, 0.05) is 12.6 Å². The molecule has 5 heteroatoms. The Morgan fingerprint density at radius 2 is 2.12 bits per heavy atom. The lowest BCUT2D eigenvalue weighted by molar-refractivity contribution is -0.149. The Kier molecular flexibility index (Phi) is 5.88. The molecule has 1 saturated heterocycles. The standard InChI is InChI=1S/C12H24N2O3/c1-3-17-12(16)10-4-6-14(7-5-10)8-11(15)9(2)13/h9-11,15H,3-8,13H2,1-2H3. The molecule has 1 heterocycles. The minimum atomic E-state index is -0.492. The predicted octanol–water partition coefficient (Wildman–Crippen LogP) is -0.0304. The van der Waals surface area contributed by atoms with Gasteiger partial charge in [0.15, 0.2) is 0 Å². The van der Waals surface area contributed by atoms with E-state index >= 15 is 0 Å². The maximum Gasteiger partial charge on any atom is 0.309 e. The highest BCUT2D eigenvalue weighted by Gasteiger charge is 2.27. The number of carbonyl (C=O) groups excluding carboxylic acids is 1. The van der Waals surface area contributed by atoms with Gasteiger partial charge in [-0.1, -0.05) is 0 Å². The van der Waals surface area contributed by atoms with E-state index in [1.165, 1.54) is 0 Å². The molecule has 100 valence electrons. The molecule has 0 aromatic heterocycles. The molecule has 1 aliphatic heterocycles. The summed E-state index contributed by atoms with van der Waals surface area (Å²) < 4.78 is 5.01. The van der Waals surface area contributed by atoms with Crippen molar-refractivity contribution in [2.75, 3.05) is 26.2 Å². The van der Waals surface area contributed by atoms with Crippen LogP contribution in [0.25, 0.3) is 0 Å². The molecule has 0 spiro atoms. The van der Waals surface area contributed by atoms with Gasteiger partial charge in [-0.3, -0.25) is 4.79 Å². The third kappa shape index (κ3) is 4.61. The smallest absolute Gasteiger partial charge is 0.309 e. The van der Waals surface area contributed by atoms with Gasteiger partial charge >= 0.3 is 5.97 Å². The second-order valence-electron chi connectivity index (χ2n) is 4.75. The number of nitrogens with two attached hydrogens (primary N) is 1. The van der Waals surface area contributed by atoms with Crippen molar-refractivity contribution in [2.24, 2.45) is 11.7 Å². The van der Waals surface area contributed by atoms with Crippen molar-refractivity contribution in [1.82, 2.24) is 4.90 Å². The van der Waals surface area contributed by atoms with Gasteiger partial charge in [0.2, 0.25) is 0 Å². The van der Waals surface area contributed by atoms with Crippen molar-refractivity contribution in [3.63, 3.8) is 0 Å². The maximum absolute atomic E-state index is 11.5. The Morgan fingerprint density at radius 3 is 2.59 bits per heavy atom. The number of nitrogens with zero attached hydrogens (tertiary/aromatic N) is 1. The highest BCUT2D eigenvalue weighted by atomic mass is 16.5. The molecule has 1 fully saturated rings. The Bertz CT molecular complexity index is 238. The Balaban J connectivity index is 2.28. The van der Waals surface area contributed by atoms with Crippen LogP contribution in [-0.2, 0) is 9.53 Å². The fraction of sp³-hybridized carbons (Fsp3) is 0.917. The summed E-state index contributed by atoms with van der Waals surface area (Å²) in [5.74, 6) is -0.0569. The van der Waals surface area contributed by atoms with E-state index in [4.69, 9.17) is 10.5 Å². The van der Waals surface area contributed by atoms with Crippen LogP contribution in [0.2, 0.25) is 0 Å². The van der Waals surface area contributed by atoms with Gasteiger partial charge in [0.1, 0.15) is 0 Å². The molecule has 17 heavy (non-hydrogen) atoms. The maximum atomic E-state index is 11.5. The van der Waals surface area contributed by atoms with Crippen molar-refractivity contribution in [3.05, 3.63) is 0 Å². The Labute approximate surface area is 103 Å². The number of ether oxygens (including phenoxy) is 1. The number of piperidine rings is 1. The molecule has 0 radical (unpaired) electrons. The number of aliphatic hydroxyl groups is 1. The van der Waals surface area contributed by atoms with Gasteiger partial charge in [-0.15, -0.1) is 0 Å². The monoisotopic (exact) mass is 244 g/mol. The molecule has 0 aromatic carbocycles. The molecule has 1 aliphatic rings. The highest BCUT2D eigenvalue weighted by molar-refractivity contribution is 5.72. The first-order chi connectivity index (χ1) is 8.04. The van der Waals surface area contributed by atoms with Crippen LogP contribution in [0.15, 0.2) is 0 Å². The van der Waals surface area contributed by atoms with Gasteiger partial charge in [-0.05, 0) is 39.8 Å². The van der Waals surface area contributed by atoms with E-state index in [2.05, 4.69) is 4.90 Å². The number of hydrogen-bond acceptors (Lipinski definition) is 5. The predicted molar refractivity (Wildman–Crippen MR) is 65.5 cm³/mol. The molecule has 0 amide bonds. The third-order valence-corrected chi connectivity index (χ3v) is 3.26. The second-order valence-corrected chi connectivity index (χ2v) is 4.75. The first-order valence-corrected chi connectivity index (χ1v) is 6.37. The largest absolute Gasteiger partial charge is 0.466 e. The van der Waals surface area contributed by atoms with E-state index in [9.17, 15) is 9.90 Å². The van der Waals surface area contributed by atoms with Crippen LogP contribution < -0.4 is 5.73 Å². The van der Waals surface area contributed by atoms with E-state index < -0.39 is 6.10 Å². The van der Waals surface area contributed by atoms with E-state index in [1.807, 2.05) is 6.92 Å². The van der Waals surface area contributed by atoms with Crippen LogP contribution in [0.1, 0.15) is 26.7 Å². The quantitative estimate of drug-likeness (QED) is 0.664. The number of aliphatic hydroxyl groups excluding tert-OH is 1. The summed E-state index contributed by atoms with van der Waals surface area (Å²) in [4.78, 5) is 13.7. The molecular weight excluding hydrogens is 220 g/mol. The average molecular weight is 244 g/mol. The number of carbonyl (C=O) groups is 1. The lowest BCUT2D eigenvalue weighted by Crippen LogP contribution is -2.45. The van der Waals surface area contributed by atoms with Crippen molar-refractivity contribution in [1.29, 1.82) is 0 Å². The normalized spacial score (nSPS) is 22.1. The van der Waals surface area contributed by atoms with E-state index in [-0.39, 0.29) is 17.9 Å². The van der Waals surface area contributed by atoms with Crippen molar-refractivity contribution in [3.8, 4) is 0 Å². The van der Waals surface area contributed by atoms with Crippen LogP contribution in [-0.4, -0.2) is 54.4 Å². The zero-order chi connectivity index (χ0) is 12.8. The van der Waals surface area contributed by atoms with Crippen LogP contribution in [0.4, 0.5) is 0 Å². The molecule has 0 saturated carbocycles. The number of rotatable bonds is 5. The summed E-state index contributed by atoms with van der Waals surface area (Å²) in [5.41, 5.74) is 5.62. The fourth-order valence-corrected chi connectivity index (χ4v) is 2.04. The third-order valence-electron chi connectivity index (χ3n) is 3.26. The van der Waals surface area contributed by atoms with Crippen LogP contribution >= 0.6 is 0 Å². The summed E-state index contributed by atoms with van der Waals surface area (Å²) in [5, 5.41) is 9.68. The lowest BCUT2D eigenvalue weighted by atomic mass is 9.96. The molecule has 0 bridgehead atoms. The van der Waals surface area contributed by atoms with Gasteiger partial charge in [0.25, 0.3) is 0 Å². The van der Waals surface area contributed by atoms with E-state index in [0.717, 1.165) is 25.9 Å². The van der Waals surface area contributed by atoms with Crippen LogP contribution in [0.5, 0.6) is 0 Å². The summed E-state index contributed by atoms with van der Waals surface area (Å²) in [6, 6.07) is -0.210. The number of esters is 1. The number of likely N-dealkylation sites (tertiary alicyclic amines) is 1. The summed E-state index contributed by atoms with van der Waals surface area (Å²) in [7, 11) is 0. The fourth-order valence-electron chi connectivity index (χ4n) is 2.04. The number of β-amino-alcohol motifs (C(OH)–C–C–N with tert-alkyl or cyclic N) is 1. The molecule has 3 N–H and O–H groups in total. The summed E-state index contributed by atoms with van der Waals surface area (Å²) >= 11 is 0. The number of hydrogen-bond donors (Lipinski definition) is 2. The Hall–Kier alpha value is -0.650. The minimum Gasteiger partial charge on any atom is -0.466 e. The van der Waals surface area contributed by atoms with Gasteiger partial charge < -0.3 is 20.5 Å².